The highest BCUT2D eigenvalue weighted by Crippen LogP contribution is 2.32. The van der Waals surface area contributed by atoms with Crippen LogP contribution in [0.25, 0.3) is 0 Å². The van der Waals surface area contributed by atoms with Gasteiger partial charge in [0.2, 0.25) is 0 Å². The van der Waals surface area contributed by atoms with Gasteiger partial charge in [-0.3, -0.25) is 9.80 Å². The van der Waals surface area contributed by atoms with E-state index in [0.29, 0.717) is 0 Å². The Labute approximate surface area is 135 Å². The summed E-state index contributed by atoms with van der Waals surface area (Å²) in [7, 11) is 0. The van der Waals surface area contributed by atoms with Crippen molar-refractivity contribution in [3.8, 4) is 0 Å². The molecule has 0 aromatic heterocycles. The lowest BCUT2D eigenvalue weighted by Crippen LogP contribution is -2.47. The second kappa shape index (κ2) is 7.61. The molecule has 0 atom stereocenters. The van der Waals surface area contributed by atoms with Crippen LogP contribution >= 0.6 is 0 Å². The number of ether oxygens (including phenoxy) is 1. The van der Waals surface area contributed by atoms with Gasteiger partial charge in [-0.05, 0) is 64.0 Å². The summed E-state index contributed by atoms with van der Waals surface area (Å²) in [6.45, 7) is 9.73. The van der Waals surface area contributed by atoms with Gasteiger partial charge in [0, 0.05) is 38.9 Å². The third kappa shape index (κ3) is 4.44. The van der Waals surface area contributed by atoms with Crippen molar-refractivity contribution in [2.24, 2.45) is 5.92 Å². The van der Waals surface area contributed by atoms with E-state index in [1.165, 1.54) is 38.6 Å². The van der Waals surface area contributed by atoms with Gasteiger partial charge in [-0.15, -0.1) is 0 Å². The first kappa shape index (κ1) is 16.7. The second-order valence-electron chi connectivity index (χ2n) is 7.92. The van der Waals surface area contributed by atoms with Crippen molar-refractivity contribution in [1.29, 1.82) is 0 Å². The lowest BCUT2D eigenvalue weighted by Gasteiger charge is -2.38. The average Bonchev–Trinajstić information content (AvgIpc) is 2.77. The summed E-state index contributed by atoms with van der Waals surface area (Å²) in [5, 5.41) is 10.9. The first-order valence-electron chi connectivity index (χ1n) is 9.41. The predicted octanol–water partition coefficient (Wildman–Crippen LogP) is 2.11. The van der Waals surface area contributed by atoms with Crippen molar-refractivity contribution in [3.63, 3.8) is 0 Å². The molecular weight excluding hydrogens is 276 g/mol. The highest BCUT2D eigenvalue weighted by atomic mass is 16.5. The fourth-order valence-corrected chi connectivity index (χ4v) is 4.44. The van der Waals surface area contributed by atoms with E-state index in [4.69, 9.17) is 4.74 Å². The minimum absolute atomic E-state index is 0.416. The Hall–Kier alpha value is -0.160. The molecule has 128 valence electrons. The summed E-state index contributed by atoms with van der Waals surface area (Å²) < 4.78 is 5.50. The molecule has 1 saturated carbocycles. The maximum absolute atomic E-state index is 10.9. The zero-order valence-corrected chi connectivity index (χ0v) is 14.3. The minimum Gasteiger partial charge on any atom is -0.389 e. The topological polar surface area (TPSA) is 35.9 Å². The van der Waals surface area contributed by atoms with E-state index in [0.717, 1.165) is 64.2 Å². The molecule has 4 nitrogen and oxygen atoms in total. The molecule has 0 aromatic carbocycles. The van der Waals surface area contributed by atoms with Crippen LogP contribution in [-0.4, -0.2) is 72.5 Å². The Kier molecular flexibility index (Phi) is 5.77. The van der Waals surface area contributed by atoms with Crippen molar-refractivity contribution in [1.82, 2.24) is 9.80 Å². The Morgan fingerprint density at radius 1 is 1.00 bits per heavy atom. The molecule has 0 bridgehead atoms. The van der Waals surface area contributed by atoms with E-state index >= 15 is 0 Å². The summed E-state index contributed by atoms with van der Waals surface area (Å²) >= 11 is 0. The molecule has 1 aliphatic carbocycles. The first-order valence-corrected chi connectivity index (χ1v) is 9.41. The second-order valence-corrected chi connectivity index (χ2v) is 7.92. The predicted molar refractivity (Wildman–Crippen MR) is 89.1 cm³/mol. The normalized spacial score (nSPS) is 37.1. The third-order valence-electron chi connectivity index (χ3n) is 6.05. The van der Waals surface area contributed by atoms with Crippen LogP contribution in [0.4, 0.5) is 0 Å². The molecule has 4 heteroatoms. The van der Waals surface area contributed by atoms with Crippen LogP contribution < -0.4 is 0 Å². The average molecular weight is 310 g/mol. The van der Waals surface area contributed by atoms with E-state index in [9.17, 15) is 5.11 Å². The van der Waals surface area contributed by atoms with Crippen LogP contribution in [0.3, 0.4) is 0 Å². The molecule has 22 heavy (non-hydrogen) atoms. The van der Waals surface area contributed by atoms with Gasteiger partial charge in [-0.2, -0.15) is 0 Å². The summed E-state index contributed by atoms with van der Waals surface area (Å²) in [5.74, 6) is 0.799. The van der Waals surface area contributed by atoms with Crippen LogP contribution in [0.2, 0.25) is 0 Å². The molecule has 2 heterocycles. The molecule has 0 amide bonds. The highest BCUT2D eigenvalue weighted by Gasteiger charge is 2.34. The largest absolute Gasteiger partial charge is 0.389 e. The van der Waals surface area contributed by atoms with E-state index in [1.54, 1.807) is 0 Å². The smallest absolute Gasteiger partial charge is 0.0774 e. The van der Waals surface area contributed by atoms with Gasteiger partial charge in [0.1, 0.15) is 0 Å². The van der Waals surface area contributed by atoms with Crippen molar-refractivity contribution in [3.05, 3.63) is 0 Å². The van der Waals surface area contributed by atoms with E-state index in [2.05, 4.69) is 16.7 Å². The fraction of sp³-hybridized carbons (Fsp3) is 1.00. The van der Waals surface area contributed by atoms with Gasteiger partial charge in [0.05, 0.1) is 5.60 Å². The summed E-state index contributed by atoms with van der Waals surface area (Å²) in [6.07, 6.45) is 8.01. The number of nitrogens with zero attached hydrogens (tertiary/aromatic N) is 2. The van der Waals surface area contributed by atoms with Crippen LogP contribution in [0.15, 0.2) is 0 Å². The Morgan fingerprint density at radius 2 is 1.73 bits per heavy atom. The summed E-state index contributed by atoms with van der Waals surface area (Å²) in [4.78, 5) is 5.20. The number of hydrogen-bond acceptors (Lipinski definition) is 4. The van der Waals surface area contributed by atoms with Gasteiger partial charge in [0.15, 0.2) is 0 Å². The molecule has 3 rings (SSSR count). The molecule has 3 aliphatic rings. The Morgan fingerprint density at radius 3 is 2.45 bits per heavy atom. The van der Waals surface area contributed by atoms with Crippen molar-refractivity contribution in [2.45, 2.75) is 63.5 Å². The van der Waals surface area contributed by atoms with Gasteiger partial charge in [0.25, 0.3) is 0 Å². The SMILES string of the molecule is CC1CCC(O)(CN2CCCN(C3CCOCC3)CC2)CC1. The number of rotatable bonds is 3. The fourth-order valence-electron chi connectivity index (χ4n) is 4.44. The van der Waals surface area contributed by atoms with Crippen LogP contribution in [0, 0.1) is 5.92 Å². The van der Waals surface area contributed by atoms with Gasteiger partial charge >= 0.3 is 0 Å². The molecule has 3 fully saturated rings. The van der Waals surface area contributed by atoms with E-state index < -0.39 is 5.60 Å². The monoisotopic (exact) mass is 310 g/mol. The summed E-state index contributed by atoms with van der Waals surface area (Å²) in [6, 6.07) is 0.729. The summed E-state index contributed by atoms with van der Waals surface area (Å²) in [5.41, 5.74) is -0.416. The van der Waals surface area contributed by atoms with Gasteiger partial charge in [-0.25, -0.2) is 0 Å². The number of β-amino-alcohol motifs (C(OH)–C–C–N with tert-alkyl or cyclic N) is 1. The Bertz CT molecular complexity index is 336. The molecule has 0 unspecified atom stereocenters. The zero-order valence-electron chi connectivity index (χ0n) is 14.3. The first-order chi connectivity index (χ1) is 10.6. The lowest BCUT2D eigenvalue weighted by molar-refractivity contribution is -0.0347. The quantitative estimate of drug-likeness (QED) is 0.866. The number of hydrogen-bond donors (Lipinski definition) is 1. The van der Waals surface area contributed by atoms with Crippen LogP contribution in [0.5, 0.6) is 0 Å². The van der Waals surface area contributed by atoms with Crippen molar-refractivity contribution in [2.75, 3.05) is 45.9 Å². The molecule has 2 aliphatic heterocycles. The standard InChI is InChI=1S/C18H34N2O2/c1-16-3-7-18(21,8-4-16)15-19-9-2-10-20(12-11-19)17-5-13-22-14-6-17/h16-17,21H,2-15H2,1H3. The maximum atomic E-state index is 10.9. The maximum Gasteiger partial charge on any atom is 0.0774 e. The van der Waals surface area contributed by atoms with E-state index in [1.807, 2.05) is 0 Å². The molecule has 0 radical (unpaired) electrons. The molecular formula is C18H34N2O2. The van der Waals surface area contributed by atoms with E-state index in [-0.39, 0.29) is 0 Å². The van der Waals surface area contributed by atoms with Crippen molar-refractivity contribution >= 4 is 0 Å². The van der Waals surface area contributed by atoms with Gasteiger partial charge in [-0.1, -0.05) is 6.92 Å². The minimum atomic E-state index is -0.416. The molecule has 1 N–H and O–H groups in total. The molecule has 0 spiro atoms. The van der Waals surface area contributed by atoms with Gasteiger partial charge < -0.3 is 9.84 Å². The van der Waals surface area contributed by atoms with Crippen LogP contribution in [-0.2, 0) is 4.74 Å². The lowest BCUT2D eigenvalue weighted by atomic mass is 9.79. The molecule has 2 saturated heterocycles. The Balaban J connectivity index is 1.47. The number of aliphatic hydroxyl groups is 1. The highest BCUT2D eigenvalue weighted by molar-refractivity contribution is 4.88. The third-order valence-corrected chi connectivity index (χ3v) is 6.05. The molecule has 0 aromatic rings. The van der Waals surface area contributed by atoms with Crippen LogP contribution in [0.1, 0.15) is 51.9 Å². The van der Waals surface area contributed by atoms with Crippen molar-refractivity contribution < 1.29 is 9.84 Å². The zero-order chi connectivity index (χ0) is 15.4.